The lowest BCUT2D eigenvalue weighted by molar-refractivity contribution is 1.18. The normalized spacial score (nSPS) is 12.3. The molecule has 0 aliphatic carbocycles. The van der Waals surface area contributed by atoms with E-state index in [1.807, 2.05) is 11.3 Å². The molecule has 0 amide bonds. The summed E-state index contributed by atoms with van der Waals surface area (Å²) in [5.41, 5.74) is 9.83. The molecule has 0 N–H and O–H groups in total. The topological polar surface area (TPSA) is 9.86 Å². The molecular weight excluding hydrogens is 589 g/mol. The SMILES string of the molecule is c1ccc(-n2c3cccc4ccc5c(-c6ccc7c(c6)c6ccccc6n7-c6ccc7sc8ccccc8c7c6)ccc2c5c43)cc1. The van der Waals surface area contributed by atoms with Gasteiger partial charge in [0.15, 0.2) is 0 Å². The summed E-state index contributed by atoms with van der Waals surface area (Å²) >= 11 is 1.87. The summed E-state index contributed by atoms with van der Waals surface area (Å²) in [6.07, 6.45) is 0. The third kappa shape index (κ3) is 3.44. The first-order valence-corrected chi connectivity index (χ1v) is 16.9. The van der Waals surface area contributed by atoms with Crippen LogP contribution in [0.5, 0.6) is 0 Å². The number of para-hydroxylation sites is 2. The highest BCUT2D eigenvalue weighted by atomic mass is 32.1. The standard InChI is InChI=1S/C44H26N2S/c1-2-10-29(11-3-1)45-39-15-8-9-27-17-20-34-31(21-23-40(45)44(34)43(27)39)28-18-22-38-35(25-28)32-12-4-6-14-37(32)46(38)30-19-24-42-36(26-30)33-13-5-7-16-41(33)47-42/h1-26H. The van der Waals surface area contributed by atoms with E-state index in [1.165, 1.54) is 97.1 Å². The number of nitrogens with zero attached hydrogens (tertiary/aromatic N) is 2. The van der Waals surface area contributed by atoms with Crippen LogP contribution in [0, 0.1) is 0 Å². The first-order valence-electron chi connectivity index (χ1n) is 16.1. The van der Waals surface area contributed by atoms with Crippen molar-refractivity contribution in [1.82, 2.24) is 9.13 Å². The second-order valence-corrected chi connectivity index (χ2v) is 13.6. The zero-order valence-electron chi connectivity index (χ0n) is 25.3. The maximum absolute atomic E-state index is 2.44. The summed E-state index contributed by atoms with van der Waals surface area (Å²) in [5.74, 6) is 0. The monoisotopic (exact) mass is 614 g/mol. The molecule has 11 aromatic rings. The number of hydrogen-bond donors (Lipinski definition) is 0. The van der Waals surface area contributed by atoms with Crippen molar-refractivity contribution in [2.45, 2.75) is 0 Å². The summed E-state index contributed by atoms with van der Waals surface area (Å²) < 4.78 is 7.51. The zero-order valence-corrected chi connectivity index (χ0v) is 26.1. The predicted octanol–water partition coefficient (Wildman–Crippen LogP) is 12.5. The van der Waals surface area contributed by atoms with Crippen LogP contribution in [0.25, 0.3) is 97.1 Å². The molecule has 0 atom stereocenters. The molecule has 0 spiro atoms. The first-order chi connectivity index (χ1) is 23.3. The average Bonchev–Trinajstić information content (AvgIpc) is 3.79. The molecular formula is C44H26N2S. The van der Waals surface area contributed by atoms with Gasteiger partial charge in [-0.15, -0.1) is 11.3 Å². The van der Waals surface area contributed by atoms with E-state index < -0.39 is 0 Å². The Morgan fingerprint density at radius 3 is 2.02 bits per heavy atom. The molecule has 0 aliphatic rings. The number of rotatable bonds is 3. The third-order valence-corrected chi connectivity index (χ3v) is 11.2. The lowest BCUT2D eigenvalue weighted by Crippen LogP contribution is -1.93. The van der Waals surface area contributed by atoms with Crippen molar-refractivity contribution in [3.63, 3.8) is 0 Å². The van der Waals surface area contributed by atoms with Crippen molar-refractivity contribution in [2.75, 3.05) is 0 Å². The first kappa shape index (κ1) is 25.3. The molecule has 2 nitrogen and oxygen atoms in total. The van der Waals surface area contributed by atoms with Gasteiger partial charge in [0.05, 0.1) is 22.1 Å². The van der Waals surface area contributed by atoms with Gasteiger partial charge < -0.3 is 9.13 Å². The molecule has 47 heavy (non-hydrogen) atoms. The highest BCUT2D eigenvalue weighted by Gasteiger charge is 2.20. The van der Waals surface area contributed by atoms with Crippen molar-refractivity contribution in [3.05, 3.63) is 158 Å². The van der Waals surface area contributed by atoms with E-state index >= 15 is 0 Å². The van der Waals surface area contributed by atoms with E-state index in [0.29, 0.717) is 0 Å². The van der Waals surface area contributed by atoms with Crippen LogP contribution in [-0.2, 0) is 0 Å². The fourth-order valence-corrected chi connectivity index (χ4v) is 9.15. The highest BCUT2D eigenvalue weighted by Crippen LogP contribution is 2.44. The second kappa shape index (κ2) is 9.32. The summed E-state index contributed by atoms with van der Waals surface area (Å²) in [5, 5.41) is 10.4. The van der Waals surface area contributed by atoms with Crippen LogP contribution in [0.4, 0.5) is 0 Å². The van der Waals surface area contributed by atoms with Crippen LogP contribution in [0.2, 0.25) is 0 Å². The Hall–Kier alpha value is -5.90. The van der Waals surface area contributed by atoms with Gasteiger partial charge in [0.25, 0.3) is 0 Å². The van der Waals surface area contributed by atoms with Crippen LogP contribution >= 0.6 is 11.3 Å². The molecule has 3 heteroatoms. The molecule has 0 fully saturated rings. The molecule has 11 rings (SSSR count). The summed E-state index contributed by atoms with van der Waals surface area (Å²) in [4.78, 5) is 0. The highest BCUT2D eigenvalue weighted by molar-refractivity contribution is 7.25. The maximum Gasteiger partial charge on any atom is 0.0547 e. The Labute approximate surface area is 274 Å². The zero-order chi connectivity index (χ0) is 30.6. The van der Waals surface area contributed by atoms with E-state index in [0.717, 1.165) is 0 Å². The number of aromatic nitrogens is 2. The van der Waals surface area contributed by atoms with Gasteiger partial charge in [0.1, 0.15) is 0 Å². The Balaban J connectivity index is 1.16. The van der Waals surface area contributed by atoms with Crippen LogP contribution < -0.4 is 0 Å². The van der Waals surface area contributed by atoms with Gasteiger partial charge in [-0.2, -0.15) is 0 Å². The van der Waals surface area contributed by atoms with Crippen molar-refractivity contribution in [2.24, 2.45) is 0 Å². The quantitative estimate of drug-likeness (QED) is 0.175. The predicted molar refractivity (Wildman–Crippen MR) is 202 cm³/mol. The second-order valence-electron chi connectivity index (χ2n) is 12.5. The van der Waals surface area contributed by atoms with Gasteiger partial charge in [0, 0.05) is 53.1 Å². The van der Waals surface area contributed by atoms with Gasteiger partial charge in [-0.25, -0.2) is 0 Å². The Kier molecular flexibility index (Phi) is 5.02. The number of hydrogen-bond acceptors (Lipinski definition) is 1. The molecule has 0 saturated carbocycles. The van der Waals surface area contributed by atoms with Crippen molar-refractivity contribution >= 4 is 85.9 Å². The molecule has 3 aromatic heterocycles. The molecule has 218 valence electrons. The molecule has 0 saturated heterocycles. The van der Waals surface area contributed by atoms with Crippen molar-refractivity contribution < 1.29 is 0 Å². The van der Waals surface area contributed by atoms with Crippen molar-refractivity contribution in [3.8, 4) is 22.5 Å². The van der Waals surface area contributed by atoms with E-state index in [9.17, 15) is 0 Å². The minimum absolute atomic E-state index is 1.19. The Morgan fingerprint density at radius 1 is 0.362 bits per heavy atom. The van der Waals surface area contributed by atoms with Crippen molar-refractivity contribution in [1.29, 1.82) is 0 Å². The van der Waals surface area contributed by atoms with Crippen LogP contribution in [0.1, 0.15) is 0 Å². The smallest absolute Gasteiger partial charge is 0.0547 e. The summed E-state index contributed by atoms with van der Waals surface area (Å²) in [6, 6.07) is 58.2. The minimum Gasteiger partial charge on any atom is -0.309 e. The van der Waals surface area contributed by atoms with E-state index in [1.54, 1.807) is 0 Å². The lowest BCUT2D eigenvalue weighted by atomic mass is 9.94. The van der Waals surface area contributed by atoms with Gasteiger partial charge >= 0.3 is 0 Å². The van der Waals surface area contributed by atoms with E-state index in [2.05, 4.69) is 167 Å². The molecule has 3 heterocycles. The average molecular weight is 615 g/mol. The minimum atomic E-state index is 1.19. The Bertz CT molecular complexity index is 3010. The van der Waals surface area contributed by atoms with Crippen LogP contribution in [0.15, 0.2) is 158 Å². The van der Waals surface area contributed by atoms with Crippen LogP contribution in [-0.4, -0.2) is 9.13 Å². The number of benzene rings is 8. The summed E-state index contributed by atoms with van der Waals surface area (Å²) in [6.45, 7) is 0. The van der Waals surface area contributed by atoms with E-state index in [-0.39, 0.29) is 0 Å². The molecule has 0 aliphatic heterocycles. The third-order valence-electron chi connectivity index (χ3n) is 10.1. The van der Waals surface area contributed by atoms with Gasteiger partial charge in [-0.1, -0.05) is 91.0 Å². The molecule has 0 unspecified atom stereocenters. The van der Waals surface area contributed by atoms with Crippen LogP contribution in [0.3, 0.4) is 0 Å². The molecule has 8 aromatic carbocycles. The van der Waals surface area contributed by atoms with Gasteiger partial charge in [-0.3, -0.25) is 0 Å². The number of thiophene rings is 1. The molecule has 0 radical (unpaired) electrons. The maximum atomic E-state index is 2.44. The fraction of sp³-hybridized carbons (Fsp3) is 0. The Morgan fingerprint density at radius 2 is 1.09 bits per heavy atom. The summed E-state index contributed by atoms with van der Waals surface area (Å²) in [7, 11) is 0. The fourth-order valence-electron chi connectivity index (χ4n) is 8.07. The number of fused-ring (bicyclic) bond motifs is 6. The largest absolute Gasteiger partial charge is 0.309 e. The molecule has 0 bridgehead atoms. The van der Waals surface area contributed by atoms with Gasteiger partial charge in [0.2, 0.25) is 0 Å². The van der Waals surface area contributed by atoms with E-state index in [4.69, 9.17) is 0 Å². The lowest BCUT2D eigenvalue weighted by Gasteiger charge is -2.11. The van der Waals surface area contributed by atoms with Gasteiger partial charge in [-0.05, 0) is 88.6 Å².